The zero-order chi connectivity index (χ0) is 26.4. The first-order valence-corrected chi connectivity index (χ1v) is 12.3. The molecule has 10 heteroatoms. The number of aryl methyl sites for hydroxylation is 1. The van der Waals surface area contributed by atoms with Gasteiger partial charge in [-0.3, -0.25) is 9.78 Å². The number of oxazole rings is 1. The number of carbonyl (C=O) groups is 2. The van der Waals surface area contributed by atoms with Gasteiger partial charge in [-0.05, 0) is 45.4 Å². The van der Waals surface area contributed by atoms with E-state index >= 15 is 0 Å². The Balaban J connectivity index is 1.49. The Bertz CT molecular complexity index is 1190. The van der Waals surface area contributed by atoms with E-state index in [1.807, 2.05) is 62.1 Å². The predicted octanol–water partition coefficient (Wildman–Crippen LogP) is 3.81. The summed E-state index contributed by atoms with van der Waals surface area (Å²) in [5, 5.41) is 2.88. The quantitative estimate of drug-likeness (QED) is 0.514. The maximum atomic E-state index is 12.8. The molecule has 2 amide bonds. The van der Waals surface area contributed by atoms with E-state index in [0.29, 0.717) is 43.6 Å². The average Bonchev–Trinajstić information content (AvgIpc) is 3.27. The molecule has 0 aliphatic carbocycles. The maximum Gasteiger partial charge on any atom is 0.410 e. The smallest absolute Gasteiger partial charge is 0.410 e. The van der Waals surface area contributed by atoms with Crippen LogP contribution in [0.1, 0.15) is 42.6 Å². The van der Waals surface area contributed by atoms with Crippen molar-refractivity contribution >= 4 is 18.0 Å². The number of amides is 2. The minimum Gasteiger partial charge on any atom is -0.490 e. The van der Waals surface area contributed by atoms with Gasteiger partial charge in [-0.2, -0.15) is 4.98 Å². The molecule has 1 unspecified atom stereocenters. The summed E-state index contributed by atoms with van der Waals surface area (Å²) in [6.45, 7) is 9.07. The SMILES string of the molecule is Cc1nc(N2CCN(C(=O)OC(C)(C)C)CC2COc2cccnc2)oc1C(=O)NCc1ccccc1. The second-order valence-electron chi connectivity index (χ2n) is 9.85. The van der Waals surface area contributed by atoms with E-state index in [1.54, 1.807) is 30.3 Å². The molecule has 10 nitrogen and oxygen atoms in total. The first kappa shape index (κ1) is 26.0. The summed E-state index contributed by atoms with van der Waals surface area (Å²) in [7, 11) is 0. The number of rotatable bonds is 7. The lowest BCUT2D eigenvalue weighted by molar-refractivity contribution is 0.0198. The number of benzene rings is 1. The molecule has 1 saturated heterocycles. The summed E-state index contributed by atoms with van der Waals surface area (Å²) >= 11 is 0. The molecule has 1 atom stereocenters. The van der Waals surface area contributed by atoms with Crippen molar-refractivity contribution in [3.05, 3.63) is 71.9 Å². The number of hydrogen-bond donors (Lipinski definition) is 1. The standard InChI is InChI=1S/C27H33N5O5/c1-19-23(24(33)29-15-20-9-6-5-7-10-20)36-25(30-19)32-14-13-31(26(34)37-27(2,3)4)17-21(32)18-35-22-11-8-12-28-16-22/h5-12,16,21H,13-15,17-18H2,1-4H3,(H,29,33). The van der Waals surface area contributed by atoms with Crippen molar-refractivity contribution in [2.75, 3.05) is 31.1 Å². The van der Waals surface area contributed by atoms with E-state index in [0.717, 1.165) is 5.56 Å². The highest BCUT2D eigenvalue weighted by molar-refractivity contribution is 5.92. The summed E-state index contributed by atoms with van der Waals surface area (Å²) in [5.41, 5.74) is 0.874. The van der Waals surface area contributed by atoms with Gasteiger partial charge in [-0.25, -0.2) is 4.79 Å². The fourth-order valence-corrected chi connectivity index (χ4v) is 3.94. The van der Waals surface area contributed by atoms with Gasteiger partial charge in [0.05, 0.1) is 17.9 Å². The monoisotopic (exact) mass is 507 g/mol. The zero-order valence-corrected chi connectivity index (χ0v) is 21.6. The Kier molecular flexibility index (Phi) is 7.95. The normalized spacial score (nSPS) is 15.8. The highest BCUT2D eigenvalue weighted by Crippen LogP contribution is 2.25. The molecule has 1 aromatic carbocycles. The molecule has 1 aliphatic rings. The molecule has 4 rings (SSSR count). The summed E-state index contributed by atoms with van der Waals surface area (Å²) in [4.78, 5) is 37.8. The summed E-state index contributed by atoms with van der Waals surface area (Å²) in [6, 6.07) is 13.3. The highest BCUT2D eigenvalue weighted by atomic mass is 16.6. The van der Waals surface area contributed by atoms with E-state index < -0.39 is 5.60 Å². The van der Waals surface area contributed by atoms with E-state index in [4.69, 9.17) is 13.9 Å². The fourth-order valence-electron chi connectivity index (χ4n) is 3.94. The van der Waals surface area contributed by atoms with Crippen molar-refractivity contribution < 1.29 is 23.5 Å². The summed E-state index contributed by atoms with van der Waals surface area (Å²) in [5.74, 6) is 0.435. The molecular formula is C27H33N5O5. The molecule has 37 heavy (non-hydrogen) atoms. The van der Waals surface area contributed by atoms with Crippen LogP contribution < -0.4 is 15.0 Å². The summed E-state index contributed by atoms with van der Waals surface area (Å²) < 4.78 is 17.5. The number of carbonyl (C=O) groups excluding carboxylic acids is 2. The predicted molar refractivity (Wildman–Crippen MR) is 138 cm³/mol. The van der Waals surface area contributed by atoms with Crippen LogP contribution in [0.5, 0.6) is 5.75 Å². The largest absolute Gasteiger partial charge is 0.490 e. The lowest BCUT2D eigenvalue weighted by Crippen LogP contribution is -2.57. The Morgan fingerprint density at radius 2 is 1.92 bits per heavy atom. The first-order chi connectivity index (χ1) is 17.7. The molecule has 3 heterocycles. The van der Waals surface area contributed by atoms with Crippen LogP contribution >= 0.6 is 0 Å². The van der Waals surface area contributed by atoms with Crippen LogP contribution in [0.3, 0.4) is 0 Å². The number of hydrogen-bond acceptors (Lipinski definition) is 8. The van der Waals surface area contributed by atoms with Gasteiger partial charge in [0, 0.05) is 32.4 Å². The molecule has 3 aromatic rings. The highest BCUT2D eigenvalue weighted by Gasteiger charge is 2.35. The molecule has 1 fully saturated rings. The second-order valence-corrected chi connectivity index (χ2v) is 9.85. The van der Waals surface area contributed by atoms with Gasteiger partial charge in [0.1, 0.15) is 18.0 Å². The number of ether oxygens (including phenoxy) is 2. The Labute approximate surface area is 216 Å². The van der Waals surface area contributed by atoms with Gasteiger partial charge in [0.25, 0.3) is 11.9 Å². The minimum atomic E-state index is -0.600. The van der Waals surface area contributed by atoms with E-state index in [1.165, 1.54) is 0 Å². The molecule has 1 N–H and O–H groups in total. The van der Waals surface area contributed by atoms with Gasteiger partial charge in [-0.1, -0.05) is 30.3 Å². The van der Waals surface area contributed by atoms with Crippen molar-refractivity contribution in [1.82, 2.24) is 20.2 Å². The molecule has 0 saturated carbocycles. The van der Waals surface area contributed by atoms with Crippen LogP contribution in [-0.4, -0.2) is 64.8 Å². The second kappa shape index (κ2) is 11.3. The number of aromatic nitrogens is 2. The molecule has 0 spiro atoms. The molecule has 196 valence electrons. The zero-order valence-electron chi connectivity index (χ0n) is 21.6. The van der Waals surface area contributed by atoms with Crippen LogP contribution in [0.15, 0.2) is 59.3 Å². The Morgan fingerprint density at radius 3 is 2.62 bits per heavy atom. The maximum absolute atomic E-state index is 12.8. The molecule has 2 aromatic heterocycles. The topological polar surface area (TPSA) is 110 Å². The van der Waals surface area contributed by atoms with Gasteiger partial charge < -0.3 is 29.0 Å². The van der Waals surface area contributed by atoms with E-state index in [9.17, 15) is 9.59 Å². The number of nitrogens with one attached hydrogen (secondary N) is 1. The van der Waals surface area contributed by atoms with Crippen molar-refractivity contribution in [2.24, 2.45) is 0 Å². The van der Waals surface area contributed by atoms with Crippen molar-refractivity contribution in [3.63, 3.8) is 0 Å². The van der Waals surface area contributed by atoms with Crippen LogP contribution in [-0.2, 0) is 11.3 Å². The van der Waals surface area contributed by atoms with Crippen LogP contribution in [0.4, 0.5) is 10.8 Å². The fraction of sp³-hybridized carbons (Fsp3) is 0.407. The van der Waals surface area contributed by atoms with Gasteiger partial charge >= 0.3 is 6.09 Å². The van der Waals surface area contributed by atoms with Crippen molar-refractivity contribution in [3.8, 4) is 5.75 Å². The lowest BCUT2D eigenvalue weighted by atomic mass is 10.2. The van der Waals surface area contributed by atoms with Crippen LogP contribution in [0, 0.1) is 6.92 Å². The number of anilines is 1. The minimum absolute atomic E-state index is 0.160. The molecule has 0 radical (unpaired) electrons. The number of pyridine rings is 1. The van der Waals surface area contributed by atoms with Gasteiger partial charge in [-0.15, -0.1) is 0 Å². The Morgan fingerprint density at radius 1 is 1.14 bits per heavy atom. The molecular weight excluding hydrogens is 474 g/mol. The Hall–Kier alpha value is -4.08. The van der Waals surface area contributed by atoms with E-state index in [2.05, 4.69) is 15.3 Å². The third-order valence-electron chi connectivity index (χ3n) is 5.74. The summed E-state index contributed by atoms with van der Waals surface area (Å²) in [6.07, 6.45) is 2.91. The van der Waals surface area contributed by atoms with Crippen molar-refractivity contribution in [1.29, 1.82) is 0 Å². The average molecular weight is 508 g/mol. The van der Waals surface area contributed by atoms with Gasteiger partial charge in [0.2, 0.25) is 5.76 Å². The third kappa shape index (κ3) is 6.99. The van der Waals surface area contributed by atoms with Crippen LogP contribution in [0.25, 0.3) is 0 Å². The number of piperazine rings is 1. The van der Waals surface area contributed by atoms with Gasteiger partial charge in [0.15, 0.2) is 0 Å². The number of nitrogens with zero attached hydrogens (tertiary/aromatic N) is 4. The lowest BCUT2D eigenvalue weighted by Gasteiger charge is -2.40. The van der Waals surface area contributed by atoms with E-state index in [-0.39, 0.29) is 30.4 Å². The first-order valence-electron chi connectivity index (χ1n) is 12.3. The molecule has 1 aliphatic heterocycles. The third-order valence-corrected chi connectivity index (χ3v) is 5.74. The molecule has 0 bridgehead atoms. The van der Waals surface area contributed by atoms with Crippen molar-refractivity contribution in [2.45, 2.75) is 45.9 Å². The van der Waals surface area contributed by atoms with Crippen LogP contribution in [0.2, 0.25) is 0 Å².